The molecule has 1 aromatic rings. The van der Waals surface area contributed by atoms with Gasteiger partial charge in [-0.3, -0.25) is 9.69 Å². The summed E-state index contributed by atoms with van der Waals surface area (Å²) in [5, 5.41) is 22.0. The van der Waals surface area contributed by atoms with Gasteiger partial charge in [-0.2, -0.15) is 0 Å². The Morgan fingerprint density at radius 3 is 2.40 bits per heavy atom. The second kappa shape index (κ2) is 9.65. The molecule has 6 nitrogen and oxygen atoms in total. The van der Waals surface area contributed by atoms with Crippen LogP contribution in [0, 0.1) is 11.8 Å². The van der Waals surface area contributed by atoms with Gasteiger partial charge in [0.1, 0.15) is 0 Å². The maximum atomic E-state index is 12.4. The Morgan fingerprint density at radius 2 is 1.87 bits per heavy atom. The Hall–Kier alpha value is 0.286. The fraction of sp³-hybridized carbons (Fsp3) is 0.524. The van der Waals surface area contributed by atoms with Crippen molar-refractivity contribution in [3.63, 3.8) is 0 Å². The number of carboxylic acids is 1. The Balaban J connectivity index is 0.00000256. The summed E-state index contributed by atoms with van der Waals surface area (Å²) >= 11 is 5.01. The number of aliphatic hydroxyl groups is 1. The van der Waals surface area contributed by atoms with Gasteiger partial charge >= 0.3 is 51.4 Å². The molecule has 2 saturated heterocycles. The zero-order valence-electron chi connectivity index (χ0n) is 17.5. The van der Waals surface area contributed by atoms with E-state index in [1.54, 1.807) is 18.7 Å². The average molecular weight is 520 g/mol. The molecule has 4 rings (SSSR count). The van der Waals surface area contributed by atoms with E-state index in [9.17, 15) is 19.8 Å². The Bertz CT molecular complexity index is 872. The van der Waals surface area contributed by atoms with Gasteiger partial charge < -0.3 is 19.9 Å². The molecular weight excluding hydrogens is 495 g/mol. The standard InChI is InChI=1S/C21H25BrN2O4S.K/c1-10-17-16(12(3)25)20(26)24(17)18(21(27)28)19(10)29-15-8-23(9-15)11(2)13-4-6-14(22)7-5-13;/h4-7,10-12,15-17,25H,8-9H2,1-3H3,(H,27,28);/q;+1/p-1/t10-,11?,12-,16-,17-;/m1./s1. The molecule has 0 bridgehead atoms. The predicted octanol–water partition coefficient (Wildman–Crippen LogP) is -1.25. The summed E-state index contributed by atoms with van der Waals surface area (Å²) in [4.78, 5) is 28.6. The number of nitrogens with zero attached hydrogens (tertiary/aromatic N) is 2. The van der Waals surface area contributed by atoms with Crippen LogP contribution in [0.5, 0.6) is 0 Å². The Kier molecular flexibility index (Phi) is 8.01. The third-order valence-corrected chi connectivity index (χ3v) is 8.35. The first kappa shape index (κ1) is 24.9. The van der Waals surface area contributed by atoms with Crippen LogP contribution in [0.4, 0.5) is 0 Å². The number of fused-ring (bicyclic) bond motifs is 1. The molecule has 1 N–H and O–H groups in total. The van der Waals surface area contributed by atoms with Crippen LogP contribution in [-0.2, 0) is 9.59 Å². The second-order valence-electron chi connectivity index (χ2n) is 8.18. The summed E-state index contributed by atoms with van der Waals surface area (Å²) in [5.74, 6) is -2.26. The van der Waals surface area contributed by atoms with Gasteiger partial charge in [0.25, 0.3) is 0 Å². The predicted molar refractivity (Wildman–Crippen MR) is 113 cm³/mol. The van der Waals surface area contributed by atoms with Crippen molar-refractivity contribution in [2.24, 2.45) is 11.8 Å². The largest absolute Gasteiger partial charge is 1.00 e. The van der Waals surface area contributed by atoms with Crippen LogP contribution in [0.3, 0.4) is 0 Å². The number of hydrogen-bond donors (Lipinski definition) is 1. The van der Waals surface area contributed by atoms with E-state index in [1.807, 2.05) is 19.1 Å². The zero-order valence-corrected chi connectivity index (χ0v) is 23.1. The van der Waals surface area contributed by atoms with E-state index in [2.05, 4.69) is 39.9 Å². The average Bonchev–Trinajstić information content (AvgIpc) is 2.86. The molecule has 30 heavy (non-hydrogen) atoms. The molecule has 1 aromatic carbocycles. The van der Waals surface area contributed by atoms with Crippen molar-refractivity contribution < 1.29 is 71.2 Å². The normalized spacial score (nSPS) is 28.4. The zero-order chi connectivity index (χ0) is 21.0. The number of rotatable bonds is 6. The summed E-state index contributed by atoms with van der Waals surface area (Å²) in [6, 6.07) is 8.30. The van der Waals surface area contributed by atoms with Crippen LogP contribution in [-0.4, -0.2) is 57.3 Å². The molecule has 156 valence electrons. The molecule has 0 aliphatic carbocycles. The molecule has 1 unspecified atom stereocenters. The molecule has 0 saturated carbocycles. The van der Waals surface area contributed by atoms with Gasteiger partial charge in [-0.25, -0.2) is 0 Å². The molecule has 3 aliphatic heterocycles. The van der Waals surface area contributed by atoms with E-state index < -0.39 is 18.0 Å². The van der Waals surface area contributed by atoms with Gasteiger partial charge in [-0.05, 0) is 31.5 Å². The number of hydrogen-bond acceptors (Lipinski definition) is 6. The number of carboxylic acid groups (broad SMARTS) is 1. The number of halogens is 1. The van der Waals surface area contributed by atoms with Crippen molar-refractivity contribution in [1.82, 2.24) is 9.80 Å². The number of aliphatic carboxylic acids is 1. The van der Waals surface area contributed by atoms with Gasteiger partial charge in [-0.1, -0.05) is 35.0 Å². The van der Waals surface area contributed by atoms with Crippen molar-refractivity contribution >= 4 is 39.6 Å². The van der Waals surface area contributed by atoms with Crippen LogP contribution in [0.25, 0.3) is 0 Å². The molecule has 0 aromatic heterocycles. The van der Waals surface area contributed by atoms with Gasteiger partial charge in [0.2, 0.25) is 5.91 Å². The number of carbonyl (C=O) groups is 2. The van der Waals surface area contributed by atoms with Gasteiger partial charge in [-0.15, -0.1) is 11.8 Å². The van der Waals surface area contributed by atoms with Gasteiger partial charge in [0, 0.05) is 39.7 Å². The number of carbonyl (C=O) groups excluding carboxylic acids is 2. The Labute approximate surface area is 232 Å². The molecule has 9 heteroatoms. The molecule has 3 heterocycles. The van der Waals surface area contributed by atoms with Crippen LogP contribution < -0.4 is 56.5 Å². The van der Waals surface area contributed by atoms with Gasteiger partial charge in [0.05, 0.1) is 29.7 Å². The third kappa shape index (κ3) is 4.26. The molecule has 1 amide bonds. The summed E-state index contributed by atoms with van der Waals surface area (Å²) in [6.45, 7) is 7.42. The molecule has 0 radical (unpaired) electrons. The number of benzene rings is 1. The molecule has 3 aliphatic rings. The molecule has 0 spiro atoms. The number of β-lactam (4-membered cyclic amide) rings is 1. The van der Waals surface area contributed by atoms with Crippen molar-refractivity contribution in [1.29, 1.82) is 0 Å². The minimum absolute atomic E-state index is 0. The molecule has 5 atom stereocenters. The minimum atomic E-state index is -1.31. The van der Waals surface area contributed by atoms with E-state index in [1.165, 1.54) is 10.5 Å². The summed E-state index contributed by atoms with van der Waals surface area (Å²) < 4.78 is 1.05. The fourth-order valence-corrected chi connectivity index (χ4v) is 6.46. The topological polar surface area (TPSA) is 83.9 Å². The van der Waals surface area contributed by atoms with E-state index in [4.69, 9.17) is 0 Å². The van der Waals surface area contributed by atoms with Crippen LogP contribution in [0.2, 0.25) is 0 Å². The fourth-order valence-electron chi connectivity index (χ4n) is 4.66. The third-order valence-electron chi connectivity index (χ3n) is 6.37. The van der Waals surface area contributed by atoms with Crippen LogP contribution in [0.1, 0.15) is 32.4 Å². The second-order valence-corrected chi connectivity index (χ2v) is 10.4. The van der Waals surface area contributed by atoms with Crippen LogP contribution in [0.15, 0.2) is 39.3 Å². The summed E-state index contributed by atoms with van der Waals surface area (Å²) in [6.07, 6.45) is -0.787. The van der Waals surface area contributed by atoms with Crippen LogP contribution >= 0.6 is 27.7 Å². The first-order chi connectivity index (χ1) is 13.7. The van der Waals surface area contributed by atoms with E-state index in [0.29, 0.717) is 4.91 Å². The van der Waals surface area contributed by atoms with Crippen molar-refractivity contribution in [2.45, 2.75) is 44.2 Å². The number of likely N-dealkylation sites (tertiary alicyclic amines) is 1. The number of amides is 1. The summed E-state index contributed by atoms with van der Waals surface area (Å²) in [5.41, 5.74) is 1.25. The Morgan fingerprint density at radius 1 is 1.27 bits per heavy atom. The van der Waals surface area contributed by atoms with E-state index in [-0.39, 0.29) is 86.2 Å². The van der Waals surface area contributed by atoms with E-state index >= 15 is 0 Å². The van der Waals surface area contributed by atoms with Gasteiger partial charge in [0.15, 0.2) is 0 Å². The van der Waals surface area contributed by atoms with Crippen molar-refractivity contribution in [2.75, 3.05) is 13.1 Å². The summed E-state index contributed by atoms with van der Waals surface area (Å²) in [7, 11) is 0. The SMILES string of the molecule is CC(c1ccc(Br)cc1)N1CC(SC2=C(C(=O)[O-])N3C(=O)[C@H]([C@@H](C)O)[C@H]3[C@H]2C)C1.[K+]. The minimum Gasteiger partial charge on any atom is -0.543 e. The number of aliphatic hydroxyl groups excluding tert-OH is 1. The van der Waals surface area contributed by atoms with Crippen molar-refractivity contribution in [3.05, 3.63) is 44.9 Å². The van der Waals surface area contributed by atoms with Crippen molar-refractivity contribution in [3.8, 4) is 0 Å². The smallest absolute Gasteiger partial charge is 0.543 e. The quantitative estimate of drug-likeness (QED) is 0.374. The number of thioether (sulfide) groups is 1. The first-order valence-electron chi connectivity index (χ1n) is 9.83. The molecular formula is C21H24BrKN2O4S. The first-order valence-corrected chi connectivity index (χ1v) is 11.5. The van der Waals surface area contributed by atoms with E-state index in [0.717, 1.165) is 17.6 Å². The monoisotopic (exact) mass is 518 g/mol. The maximum absolute atomic E-state index is 12.4. The molecule has 2 fully saturated rings. The maximum Gasteiger partial charge on any atom is 1.00 e.